The topological polar surface area (TPSA) is 37.4 Å². The van der Waals surface area contributed by atoms with Crippen LogP contribution in [-0.2, 0) is 15.0 Å². The molecule has 4 heteroatoms. The second kappa shape index (κ2) is 5.79. The van der Waals surface area contributed by atoms with Crippen molar-refractivity contribution in [3.8, 4) is 0 Å². The first-order valence-electron chi connectivity index (χ1n) is 9.28. The predicted octanol–water partition coefficient (Wildman–Crippen LogP) is 4.84. The Labute approximate surface area is 168 Å². The SMILES string of the molecule is C[C@@]12C(=O)N(c3cccc(Cl)c3)C(=O)[C@@H]1C2(c1ccccc1)c1ccccc1. The van der Waals surface area contributed by atoms with E-state index in [0.717, 1.165) is 11.1 Å². The number of nitrogens with zero attached hydrogens (tertiary/aromatic N) is 1. The zero-order chi connectivity index (χ0) is 19.5. The van der Waals surface area contributed by atoms with Gasteiger partial charge in [-0.3, -0.25) is 9.59 Å². The van der Waals surface area contributed by atoms with E-state index in [1.54, 1.807) is 24.3 Å². The van der Waals surface area contributed by atoms with Crippen molar-refractivity contribution in [1.29, 1.82) is 0 Å². The number of rotatable bonds is 3. The average molecular weight is 388 g/mol. The monoisotopic (exact) mass is 387 g/mol. The molecule has 2 fully saturated rings. The third-order valence-electron chi connectivity index (χ3n) is 6.39. The third kappa shape index (κ3) is 1.95. The molecule has 1 aliphatic heterocycles. The smallest absolute Gasteiger partial charge is 0.241 e. The lowest BCUT2D eigenvalue weighted by Gasteiger charge is -2.29. The Morgan fingerprint density at radius 3 is 1.86 bits per heavy atom. The van der Waals surface area contributed by atoms with Gasteiger partial charge in [-0.05, 0) is 36.2 Å². The summed E-state index contributed by atoms with van der Waals surface area (Å²) in [6.45, 7) is 1.92. The van der Waals surface area contributed by atoms with Crippen LogP contribution in [0, 0.1) is 11.3 Å². The maximum atomic E-state index is 13.6. The molecule has 3 aromatic carbocycles. The highest BCUT2D eigenvalue weighted by atomic mass is 35.5. The molecule has 28 heavy (non-hydrogen) atoms. The molecular weight excluding hydrogens is 370 g/mol. The van der Waals surface area contributed by atoms with Gasteiger partial charge in [-0.2, -0.15) is 0 Å². The van der Waals surface area contributed by atoms with Gasteiger partial charge in [0.2, 0.25) is 11.8 Å². The number of carbonyl (C=O) groups excluding carboxylic acids is 2. The van der Waals surface area contributed by atoms with Gasteiger partial charge in [-0.25, -0.2) is 4.90 Å². The number of piperidine rings is 1. The summed E-state index contributed by atoms with van der Waals surface area (Å²) in [6, 6.07) is 26.7. The molecule has 1 saturated carbocycles. The summed E-state index contributed by atoms with van der Waals surface area (Å²) >= 11 is 6.10. The van der Waals surface area contributed by atoms with Crippen molar-refractivity contribution in [1.82, 2.24) is 0 Å². The summed E-state index contributed by atoms with van der Waals surface area (Å²) in [5.41, 5.74) is 1.07. The Morgan fingerprint density at radius 2 is 1.39 bits per heavy atom. The predicted molar refractivity (Wildman–Crippen MR) is 109 cm³/mol. The van der Waals surface area contributed by atoms with Crippen molar-refractivity contribution in [2.24, 2.45) is 11.3 Å². The number of carbonyl (C=O) groups is 2. The normalized spacial score (nSPS) is 24.9. The van der Waals surface area contributed by atoms with Crippen molar-refractivity contribution in [2.75, 3.05) is 4.90 Å². The van der Waals surface area contributed by atoms with Crippen LogP contribution in [0.5, 0.6) is 0 Å². The Balaban J connectivity index is 1.68. The molecule has 2 amide bonds. The fourth-order valence-corrected chi connectivity index (χ4v) is 5.35. The summed E-state index contributed by atoms with van der Waals surface area (Å²) in [4.78, 5) is 28.4. The number of anilines is 1. The van der Waals surface area contributed by atoms with E-state index in [2.05, 4.69) is 0 Å². The molecule has 1 saturated heterocycles. The molecule has 2 atom stereocenters. The van der Waals surface area contributed by atoms with Gasteiger partial charge < -0.3 is 0 Å². The lowest BCUT2D eigenvalue weighted by molar-refractivity contribution is -0.125. The lowest BCUT2D eigenvalue weighted by Crippen LogP contribution is -2.42. The van der Waals surface area contributed by atoms with E-state index in [9.17, 15) is 9.59 Å². The maximum Gasteiger partial charge on any atom is 0.241 e. The van der Waals surface area contributed by atoms with Crippen LogP contribution in [0.3, 0.4) is 0 Å². The number of halogens is 1. The van der Waals surface area contributed by atoms with Gasteiger partial charge >= 0.3 is 0 Å². The van der Waals surface area contributed by atoms with Crippen LogP contribution in [0.2, 0.25) is 5.02 Å². The first-order chi connectivity index (χ1) is 13.5. The highest BCUT2D eigenvalue weighted by Crippen LogP contribution is 2.76. The Hall–Kier alpha value is -2.91. The van der Waals surface area contributed by atoms with Crippen LogP contribution in [0.15, 0.2) is 84.9 Å². The fraction of sp³-hybridized carbons (Fsp3) is 0.167. The molecule has 5 rings (SSSR count). The number of benzene rings is 3. The zero-order valence-electron chi connectivity index (χ0n) is 15.3. The van der Waals surface area contributed by atoms with Gasteiger partial charge in [-0.15, -0.1) is 0 Å². The number of amides is 2. The van der Waals surface area contributed by atoms with E-state index < -0.39 is 16.7 Å². The van der Waals surface area contributed by atoms with Crippen LogP contribution in [0.4, 0.5) is 5.69 Å². The second-order valence-electron chi connectivity index (χ2n) is 7.63. The van der Waals surface area contributed by atoms with E-state index >= 15 is 0 Å². The molecule has 138 valence electrons. The molecule has 3 aromatic rings. The first kappa shape index (κ1) is 17.2. The first-order valence-corrected chi connectivity index (χ1v) is 9.65. The minimum atomic E-state index is -0.824. The van der Waals surface area contributed by atoms with Gasteiger partial charge in [0.25, 0.3) is 0 Å². The standard InChI is InChI=1S/C24H18ClNO2/c1-23-20(21(27)26(22(23)28)19-14-8-13-18(25)15-19)24(23,16-9-4-2-5-10-16)17-11-6-3-7-12-17/h2-15,20H,1H3/t20-,23-/m0/s1. The molecule has 0 N–H and O–H groups in total. The van der Waals surface area contributed by atoms with Gasteiger partial charge in [0.15, 0.2) is 0 Å². The molecule has 1 aliphatic carbocycles. The Morgan fingerprint density at radius 1 is 0.821 bits per heavy atom. The molecule has 3 nitrogen and oxygen atoms in total. The molecular formula is C24H18ClNO2. The van der Waals surface area contributed by atoms with Crippen molar-refractivity contribution < 1.29 is 9.59 Å². The molecule has 0 spiro atoms. The van der Waals surface area contributed by atoms with Crippen LogP contribution in [-0.4, -0.2) is 11.8 Å². The van der Waals surface area contributed by atoms with Crippen LogP contribution in [0.25, 0.3) is 0 Å². The fourth-order valence-electron chi connectivity index (χ4n) is 5.17. The van der Waals surface area contributed by atoms with Crippen molar-refractivity contribution >= 4 is 29.1 Å². The Bertz CT molecular complexity index is 1060. The second-order valence-corrected chi connectivity index (χ2v) is 8.07. The number of hydrogen-bond acceptors (Lipinski definition) is 2. The molecule has 0 unspecified atom stereocenters. The summed E-state index contributed by atoms with van der Waals surface area (Å²) in [6.07, 6.45) is 0. The minimum Gasteiger partial charge on any atom is -0.274 e. The quantitative estimate of drug-likeness (QED) is 0.603. The van der Waals surface area contributed by atoms with E-state index in [-0.39, 0.29) is 11.8 Å². The van der Waals surface area contributed by atoms with E-state index in [1.807, 2.05) is 67.6 Å². The molecule has 0 bridgehead atoms. The maximum absolute atomic E-state index is 13.6. The molecule has 1 heterocycles. The van der Waals surface area contributed by atoms with Gasteiger partial charge in [0.05, 0.1) is 17.0 Å². The van der Waals surface area contributed by atoms with Crippen LogP contribution < -0.4 is 4.90 Å². The van der Waals surface area contributed by atoms with E-state index in [0.29, 0.717) is 10.7 Å². The van der Waals surface area contributed by atoms with Gasteiger partial charge in [0.1, 0.15) is 0 Å². The number of hydrogen-bond donors (Lipinski definition) is 0. The average Bonchev–Trinajstić information content (AvgIpc) is 3.24. The Kier molecular flexibility index (Phi) is 3.56. The van der Waals surface area contributed by atoms with E-state index in [4.69, 9.17) is 11.6 Å². The molecule has 0 radical (unpaired) electrons. The van der Waals surface area contributed by atoms with Crippen molar-refractivity contribution in [3.05, 3.63) is 101 Å². The number of fused-ring (bicyclic) bond motifs is 1. The largest absolute Gasteiger partial charge is 0.274 e. The number of imide groups is 1. The van der Waals surface area contributed by atoms with E-state index in [1.165, 1.54) is 4.90 Å². The highest BCUT2D eigenvalue weighted by molar-refractivity contribution is 6.32. The van der Waals surface area contributed by atoms with Crippen LogP contribution in [0.1, 0.15) is 18.1 Å². The van der Waals surface area contributed by atoms with Crippen molar-refractivity contribution in [2.45, 2.75) is 12.3 Å². The van der Waals surface area contributed by atoms with Crippen molar-refractivity contribution in [3.63, 3.8) is 0 Å². The lowest BCUT2D eigenvalue weighted by atomic mass is 9.79. The summed E-state index contributed by atoms with van der Waals surface area (Å²) in [5, 5.41) is 0.501. The minimum absolute atomic E-state index is 0.164. The van der Waals surface area contributed by atoms with Gasteiger partial charge in [0, 0.05) is 10.4 Å². The molecule has 2 aliphatic rings. The van der Waals surface area contributed by atoms with Gasteiger partial charge in [-0.1, -0.05) is 78.3 Å². The highest BCUT2D eigenvalue weighted by Gasteiger charge is 2.86. The summed E-state index contributed by atoms with van der Waals surface area (Å²) in [5.74, 6) is -0.767. The molecule has 0 aromatic heterocycles. The summed E-state index contributed by atoms with van der Waals surface area (Å²) in [7, 11) is 0. The van der Waals surface area contributed by atoms with Crippen LogP contribution >= 0.6 is 11.6 Å². The third-order valence-corrected chi connectivity index (χ3v) is 6.62. The summed E-state index contributed by atoms with van der Waals surface area (Å²) < 4.78 is 0. The zero-order valence-corrected chi connectivity index (χ0v) is 16.1.